The van der Waals surface area contributed by atoms with Crippen molar-refractivity contribution >= 4 is 51.1 Å². The van der Waals surface area contributed by atoms with Crippen LogP contribution in [0.2, 0.25) is 5.02 Å². The van der Waals surface area contributed by atoms with Crippen molar-refractivity contribution in [1.82, 2.24) is 4.98 Å². The van der Waals surface area contributed by atoms with E-state index in [0.717, 1.165) is 8.96 Å². The van der Waals surface area contributed by atoms with E-state index in [2.05, 4.69) is 27.6 Å². The summed E-state index contributed by atoms with van der Waals surface area (Å²) in [5.74, 6) is -0.317. The van der Waals surface area contributed by atoms with Crippen molar-refractivity contribution in [1.29, 1.82) is 0 Å². The van der Waals surface area contributed by atoms with Gasteiger partial charge in [-0.3, -0.25) is 9.78 Å². The van der Waals surface area contributed by atoms with Gasteiger partial charge in [-0.2, -0.15) is 0 Å². The number of halogens is 2. The van der Waals surface area contributed by atoms with Crippen LogP contribution in [0.3, 0.4) is 0 Å². The van der Waals surface area contributed by atoms with Gasteiger partial charge in [0.25, 0.3) is 0 Å². The first kappa shape index (κ1) is 14.3. The molecule has 0 saturated heterocycles. The molecule has 1 aromatic heterocycles. The molecule has 0 unspecified atom stereocenters. The number of aliphatic carboxylic acids is 1. The third kappa shape index (κ3) is 3.27. The molecule has 6 heteroatoms. The summed E-state index contributed by atoms with van der Waals surface area (Å²) in [5, 5.41) is 10.2. The Balaban J connectivity index is 2.45. The van der Waals surface area contributed by atoms with Crippen LogP contribution in [-0.2, 0) is 4.79 Å². The van der Waals surface area contributed by atoms with E-state index >= 15 is 0 Å². The molecule has 19 heavy (non-hydrogen) atoms. The fraction of sp³-hybridized carbons (Fsp3) is 0.231. The molecule has 0 aliphatic heterocycles. The lowest BCUT2D eigenvalue weighted by Crippen LogP contribution is -2.17. The van der Waals surface area contributed by atoms with Gasteiger partial charge >= 0.3 is 5.97 Å². The Kier molecular flexibility index (Phi) is 4.46. The average Bonchev–Trinajstić information content (AvgIpc) is 2.33. The van der Waals surface area contributed by atoms with Gasteiger partial charge in [0.15, 0.2) is 5.75 Å². The molecule has 0 fully saturated rings. The number of hydrogen-bond donors (Lipinski definition) is 1. The zero-order valence-corrected chi connectivity index (χ0v) is 13.0. The summed E-state index contributed by atoms with van der Waals surface area (Å²) in [6.07, 6.45) is 1.16. The molecule has 0 radical (unpaired) electrons. The number of nitrogens with zero attached hydrogens (tertiary/aromatic N) is 1. The zero-order valence-electron chi connectivity index (χ0n) is 10.1. The van der Waals surface area contributed by atoms with E-state index in [-0.39, 0.29) is 6.42 Å². The van der Waals surface area contributed by atoms with Crippen LogP contribution in [0.15, 0.2) is 24.4 Å². The number of hydrogen-bond acceptors (Lipinski definition) is 3. The maximum Gasteiger partial charge on any atom is 0.307 e. The first-order valence-corrected chi connectivity index (χ1v) is 7.06. The van der Waals surface area contributed by atoms with Crippen LogP contribution in [0.25, 0.3) is 10.9 Å². The SMILES string of the molecule is C[C@H](CC(=O)O)Oc1c(I)cc(Cl)c2cccnc12. The minimum atomic E-state index is -0.895. The summed E-state index contributed by atoms with van der Waals surface area (Å²) in [6.45, 7) is 1.72. The normalized spacial score (nSPS) is 12.4. The van der Waals surface area contributed by atoms with Crippen molar-refractivity contribution < 1.29 is 14.6 Å². The molecule has 0 saturated carbocycles. The number of fused-ring (bicyclic) bond motifs is 1. The molecule has 0 aliphatic carbocycles. The lowest BCUT2D eigenvalue weighted by molar-refractivity contribution is -0.138. The number of ether oxygens (including phenoxy) is 1. The van der Waals surface area contributed by atoms with Gasteiger partial charge in [-0.05, 0) is 47.7 Å². The second-order valence-corrected chi connectivity index (χ2v) is 5.66. The second-order valence-electron chi connectivity index (χ2n) is 4.10. The van der Waals surface area contributed by atoms with Gasteiger partial charge in [-0.1, -0.05) is 11.6 Å². The highest BCUT2D eigenvalue weighted by molar-refractivity contribution is 14.1. The summed E-state index contributed by atoms with van der Waals surface area (Å²) >= 11 is 8.26. The Bertz CT molecular complexity index is 633. The van der Waals surface area contributed by atoms with E-state index in [1.54, 1.807) is 25.3 Å². The lowest BCUT2D eigenvalue weighted by atomic mass is 10.2. The average molecular weight is 392 g/mol. The van der Waals surface area contributed by atoms with Crippen molar-refractivity contribution in [2.24, 2.45) is 0 Å². The van der Waals surface area contributed by atoms with Crippen LogP contribution < -0.4 is 4.74 Å². The Morgan fingerprint density at radius 2 is 2.37 bits per heavy atom. The monoisotopic (exact) mass is 391 g/mol. The van der Waals surface area contributed by atoms with Gasteiger partial charge in [0.05, 0.1) is 15.0 Å². The Morgan fingerprint density at radius 3 is 3.05 bits per heavy atom. The molecule has 0 bridgehead atoms. The molecule has 100 valence electrons. The zero-order chi connectivity index (χ0) is 14.0. The van der Waals surface area contributed by atoms with E-state index in [0.29, 0.717) is 16.3 Å². The van der Waals surface area contributed by atoms with E-state index in [9.17, 15) is 4.79 Å². The van der Waals surface area contributed by atoms with Crippen molar-refractivity contribution in [3.8, 4) is 5.75 Å². The van der Waals surface area contributed by atoms with Crippen molar-refractivity contribution in [2.45, 2.75) is 19.4 Å². The number of aromatic nitrogens is 1. The molecule has 4 nitrogen and oxygen atoms in total. The van der Waals surface area contributed by atoms with E-state index in [1.165, 1.54) is 0 Å². The van der Waals surface area contributed by atoms with Crippen LogP contribution >= 0.6 is 34.2 Å². The van der Waals surface area contributed by atoms with Crippen LogP contribution in [0, 0.1) is 3.57 Å². The summed E-state index contributed by atoms with van der Waals surface area (Å²) in [7, 11) is 0. The molecule has 2 aromatic rings. The summed E-state index contributed by atoms with van der Waals surface area (Å²) in [4.78, 5) is 15.0. The number of carbonyl (C=O) groups is 1. The van der Waals surface area contributed by atoms with Crippen molar-refractivity contribution in [3.63, 3.8) is 0 Å². The highest BCUT2D eigenvalue weighted by Gasteiger charge is 2.16. The summed E-state index contributed by atoms with van der Waals surface area (Å²) in [5.41, 5.74) is 0.650. The number of benzene rings is 1. The number of carboxylic acid groups (broad SMARTS) is 1. The van der Waals surface area contributed by atoms with Gasteiger partial charge < -0.3 is 9.84 Å². The van der Waals surface area contributed by atoms with E-state index < -0.39 is 12.1 Å². The first-order chi connectivity index (χ1) is 8.99. The topological polar surface area (TPSA) is 59.4 Å². The van der Waals surface area contributed by atoms with E-state index in [1.807, 2.05) is 6.07 Å². The quantitative estimate of drug-likeness (QED) is 0.807. The smallest absolute Gasteiger partial charge is 0.307 e. The van der Waals surface area contributed by atoms with Crippen LogP contribution in [0.5, 0.6) is 5.75 Å². The minimum absolute atomic E-state index is 0.0625. The number of carboxylic acids is 1. The predicted molar refractivity (Wildman–Crippen MR) is 81.8 cm³/mol. The Hall–Kier alpha value is -1.08. The summed E-state index contributed by atoms with van der Waals surface area (Å²) < 4.78 is 6.53. The molecule has 2 rings (SSSR count). The minimum Gasteiger partial charge on any atom is -0.487 e. The molecule has 0 amide bonds. The number of pyridine rings is 1. The largest absolute Gasteiger partial charge is 0.487 e. The first-order valence-electron chi connectivity index (χ1n) is 5.60. The standard InChI is InChI=1S/C13H11ClINO3/c1-7(5-11(17)18)19-13-10(15)6-9(14)8-3-2-4-16-12(8)13/h2-4,6-7H,5H2,1H3,(H,17,18)/t7-/m1/s1. The molecule has 1 N–H and O–H groups in total. The maximum absolute atomic E-state index is 10.7. The van der Waals surface area contributed by atoms with Gasteiger partial charge in [-0.15, -0.1) is 0 Å². The second kappa shape index (κ2) is 5.92. The summed E-state index contributed by atoms with van der Waals surface area (Å²) in [6, 6.07) is 5.44. The fourth-order valence-corrected chi connectivity index (χ4v) is 2.89. The van der Waals surface area contributed by atoms with Crippen molar-refractivity contribution in [2.75, 3.05) is 0 Å². The molecule has 1 aromatic carbocycles. The third-order valence-electron chi connectivity index (χ3n) is 2.53. The predicted octanol–water partition coefficient (Wildman–Crippen LogP) is 3.73. The van der Waals surface area contributed by atoms with Crippen LogP contribution in [0.4, 0.5) is 0 Å². The van der Waals surface area contributed by atoms with Gasteiger partial charge in [0.1, 0.15) is 11.6 Å². The van der Waals surface area contributed by atoms with Gasteiger partial charge in [0, 0.05) is 11.6 Å². The Morgan fingerprint density at radius 1 is 1.63 bits per heavy atom. The molecular formula is C13H11ClINO3. The van der Waals surface area contributed by atoms with Gasteiger partial charge in [0.2, 0.25) is 0 Å². The van der Waals surface area contributed by atoms with Gasteiger partial charge in [-0.25, -0.2) is 0 Å². The molecule has 0 spiro atoms. The molecule has 1 heterocycles. The Labute approximate surface area is 128 Å². The number of rotatable bonds is 4. The third-order valence-corrected chi connectivity index (χ3v) is 3.65. The maximum atomic E-state index is 10.7. The molecule has 0 aliphatic rings. The molecule has 1 atom stereocenters. The van der Waals surface area contributed by atoms with E-state index in [4.69, 9.17) is 21.4 Å². The van der Waals surface area contributed by atoms with Crippen LogP contribution in [0.1, 0.15) is 13.3 Å². The lowest BCUT2D eigenvalue weighted by Gasteiger charge is -2.16. The highest BCUT2D eigenvalue weighted by Crippen LogP contribution is 2.35. The highest BCUT2D eigenvalue weighted by atomic mass is 127. The molecular weight excluding hydrogens is 381 g/mol. The van der Waals surface area contributed by atoms with Crippen LogP contribution in [-0.4, -0.2) is 22.2 Å². The van der Waals surface area contributed by atoms with Crippen molar-refractivity contribution in [3.05, 3.63) is 33.0 Å². The fourth-order valence-electron chi connectivity index (χ4n) is 1.75.